The van der Waals surface area contributed by atoms with E-state index in [1.807, 2.05) is 0 Å². The predicted octanol–water partition coefficient (Wildman–Crippen LogP) is -1.26. The molecule has 2 bridgehead atoms. The van der Waals surface area contributed by atoms with Crippen molar-refractivity contribution in [1.82, 2.24) is 10.4 Å². The molecule has 7 N–H and O–H groups in total. The fourth-order valence-corrected chi connectivity index (χ4v) is 3.06. The van der Waals surface area contributed by atoms with Crippen LogP contribution in [0.4, 0.5) is 5.69 Å². The first kappa shape index (κ1) is 14.7. The van der Waals surface area contributed by atoms with Gasteiger partial charge in [-0.2, -0.15) is 23.0 Å². The molecule has 0 fully saturated rings. The van der Waals surface area contributed by atoms with E-state index >= 15 is 0 Å². The number of aliphatic hydroxyl groups excluding tert-OH is 2. The average molecular weight is 313 g/mol. The number of aliphatic hydroxyl groups is 3. The van der Waals surface area contributed by atoms with Gasteiger partial charge in [0.15, 0.2) is 0 Å². The standard InChI is InChI=1S/C12H19N5O3S/c1-5(18)2-7(19)8(21)3-6-4-14-10-9(6)17-11(13)15-12(10,20)16-17/h4-5,7-8,14,16,18-21H,2-3H2,1H3,(H2,13,15)/t5?,7-,8+,12?/m1/s1. The highest BCUT2D eigenvalue weighted by Crippen LogP contribution is 2.42. The molecule has 3 rings (SSSR count). The molecule has 2 unspecified atom stereocenters. The van der Waals surface area contributed by atoms with Crippen molar-refractivity contribution in [2.45, 2.75) is 43.1 Å². The van der Waals surface area contributed by atoms with Crippen molar-refractivity contribution in [2.24, 2.45) is 10.7 Å². The molecule has 0 amide bonds. The van der Waals surface area contributed by atoms with Crippen LogP contribution in [-0.4, -0.2) is 43.7 Å². The van der Waals surface area contributed by atoms with Crippen LogP contribution in [0.25, 0.3) is 0 Å². The summed E-state index contributed by atoms with van der Waals surface area (Å²) in [5.41, 5.74) is 10.6. The molecular weight excluding hydrogens is 294 g/mol. The van der Waals surface area contributed by atoms with Crippen LogP contribution < -0.4 is 16.2 Å². The minimum absolute atomic E-state index is 0.186. The van der Waals surface area contributed by atoms with Crippen LogP contribution in [0.1, 0.15) is 24.6 Å². The molecule has 9 heteroatoms. The van der Waals surface area contributed by atoms with Gasteiger partial charge in [0, 0.05) is 17.9 Å². The fourth-order valence-electron chi connectivity index (χ4n) is 2.74. The quantitative estimate of drug-likeness (QED) is 0.340. The van der Waals surface area contributed by atoms with Crippen molar-refractivity contribution in [3.8, 4) is 0 Å². The molecule has 116 valence electrons. The fraction of sp³-hybridized carbons (Fsp3) is 0.583. The highest BCUT2D eigenvalue weighted by Gasteiger charge is 2.50. The molecule has 3 heterocycles. The number of nitrogens with one attached hydrogen (secondary N) is 2. The second-order valence-electron chi connectivity index (χ2n) is 5.55. The number of guanidine groups is 1. The molecule has 1 aromatic heterocycles. The highest BCUT2D eigenvalue weighted by atomic mass is 32.1. The van der Waals surface area contributed by atoms with Crippen molar-refractivity contribution < 1.29 is 15.3 Å². The van der Waals surface area contributed by atoms with E-state index in [1.165, 1.54) is 5.01 Å². The Labute approximate surface area is 127 Å². The highest BCUT2D eigenvalue weighted by molar-refractivity contribution is 7.81. The molecule has 0 aliphatic carbocycles. The molecule has 0 saturated carbocycles. The number of rotatable bonds is 5. The zero-order valence-corrected chi connectivity index (χ0v) is 12.4. The maximum atomic E-state index is 10.3. The van der Waals surface area contributed by atoms with Crippen LogP contribution in [0, 0.1) is 0 Å². The van der Waals surface area contributed by atoms with Crippen LogP contribution in [0.5, 0.6) is 0 Å². The third-order valence-corrected chi connectivity index (χ3v) is 4.26. The Bertz CT molecular complexity index is 589. The normalized spacial score (nSPS) is 27.5. The van der Waals surface area contributed by atoms with E-state index in [-0.39, 0.29) is 17.6 Å². The number of fused-ring (bicyclic) bond motifs is 5. The molecular formula is C12H19N5O3S. The van der Waals surface area contributed by atoms with E-state index < -0.39 is 18.1 Å². The van der Waals surface area contributed by atoms with Gasteiger partial charge in [0.2, 0.25) is 5.96 Å². The monoisotopic (exact) mass is 313 g/mol. The van der Waals surface area contributed by atoms with Gasteiger partial charge in [-0.25, -0.2) is 5.01 Å². The number of aliphatic imine (C=N–C) groups is 1. The molecule has 0 radical (unpaired) electrons. The number of H-pyrrole nitrogens is 1. The number of hydrogen-bond acceptors (Lipinski definition) is 8. The summed E-state index contributed by atoms with van der Waals surface area (Å²) in [5.74, 6) is -1.35. The van der Waals surface area contributed by atoms with Gasteiger partial charge in [-0.3, -0.25) is 0 Å². The van der Waals surface area contributed by atoms with Gasteiger partial charge in [-0.1, -0.05) is 0 Å². The summed E-state index contributed by atoms with van der Waals surface area (Å²) in [5, 5.41) is 30.8. The van der Waals surface area contributed by atoms with Crippen LogP contribution >= 0.6 is 12.6 Å². The minimum atomic E-state index is -1.54. The summed E-state index contributed by atoms with van der Waals surface area (Å²) in [6, 6.07) is 0. The van der Waals surface area contributed by atoms with Crippen LogP contribution in [0.15, 0.2) is 11.2 Å². The Morgan fingerprint density at radius 1 is 1.52 bits per heavy atom. The lowest BCUT2D eigenvalue weighted by Crippen LogP contribution is -2.42. The van der Waals surface area contributed by atoms with Gasteiger partial charge in [-0.15, -0.1) is 0 Å². The molecule has 8 nitrogen and oxygen atoms in total. The Hall–Kier alpha value is -1.26. The molecule has 2 aliphatic heterocycles. The summed E-state index contributed by atoms with van der Waals surface area (Å²) in [7, 11) is 0. The summed E-state index contributed by atoms with van der Waals surface area (Å²) in [4.78, 5) is 6.91. The van der Waals surface area contributed by atoms with E-state index in [0.717, 1.165) is 5.56 Å². The average Bonchev–Trinajstić information content (AvgIpc) is 2.98. The number of hydrazine groups is 1. The van der Waals surface area contributed by atoms with Gasteiger partial charge in [0.1, 0.15) is 5.69 Å². The van der Waals surface area contributed by atoms with E-state index in [2.05, 4.69) is 28.0 Å². The topological polar surface area (TPSA) is 130 Å². The lowest BCUT2D eigenvalue weighted by atomic mass is 10.0. The van der Waals surface area contributed by atoms with Crippen molar-refractivity contribution in [3.63, 3.8) is 0 Å². The summed E-state index contributed by atoms with van der Waals surface area (Å²) in [6.45, 7) is 1.62. The molecule has 21 heavy (non-hydrogen) atoms. The van der Waals surface area contributed by atoms with E-state index in [0.29, 0.717) is 17.8 Å². The molecule has 0 saturated heterocycles. The van der Waals surface area contributed by atoms with Gasteiger partial charge in [0.05, 0.1) is 17.9 Å². The summed E-state index contributed by atoms with van der Waals surface area (Å²) in [6.07, 6.45) is 1.15. The third-order valence-electron chi connectivity index (χ3n) is 3.73. The van der Waals surface area contributed by atoms with Crippen LogP contribution in [-0.2, 0) is 12.3 Å². The number of nitrogens with two attached hydrogens (primary N) is 1. The molecule has 1 aromatic rings. The lowest BCUT2D eigenvalue weighted by molar-refractivity contribution is 0.0270. The Kier molecular flexibility index (Phi) is 3.41. The second kappa shape index (κ2) is 4.89. The Morgan fingerprint density at radius 2 is 2.24 bits per heavy atom. The van der Waals surface area contributed by atoms with Crippen LogP contribution in [0.2, 0.25) is 0 Å². The molecule has 0 spiro atoms. The Morgan fingerprint density at radius 3 is 2.90 bits per heavy atom. The Balaban J connectivity index is 1.79. The predicted molar refractivity (Wildman–Crippen MR) is 80.7 cm³/mol. The summed E-state index contributed by atoms with van der Waals surface area (Å²) >= 11 is 4.40. The number of nitrogens with zero attached hydrogens (tertiary/aromatic N) is 2. The van der Waals surface area contributed by atoms with Gasteiger partial charge >= 0.3 is 0 Å². The van der Waals surface area contributed by atoms with E-state index in [4.69, 9.17) is 5.73 Å². The van der Waals surface area contributed by atoms with Crippen molar-refractivity contribution in [1.29, 1.82) is 0 Å². The largest absolute Gasteiger partial charge is 0.393 e. The summed E-state index contributed by atoms with van der Waals surface area (Å²) < 4.78 is 0. The van der Waals surface area contributed by atoms with Gasteiger partial charge in [0.25, 0.3) is 5.85 Å². The molecule has 0 aromatic carbocycles. The molecule has 4 atom stereocenters. The van der Waals surface area contributed by atoms with Crippen LogP contribution in [0.3, 0.4) is 0 Å². The van der Waals surface area contributed by atoms with Gasteiger partial charge < -0.3 is 26.0 Å². The smallest absolute Gasteiger partial charge is 0.278 e. The first-order valence-corrected chi connectivity index (χ1v) is 7.24. The first-order valence-electron chi connectivity index (χ1n) is 6.72. The lowest BCUT2D eigenvalue weighted by Gasteiger charge is -2.21. The van der Waals surface area contributed by atoms with E-state index in [9.17, 15) is 15.3 Å². The SMILES string of the molecule is CC(O)C[C@@H](O)[C@@H](S)Cc1c[nH]c2c1N1NC2(O)N=C1N. The number of aromatic nitrogens is 1. The van der Waals surface area contributed by atoms with E-state index in [1.54, 1.807) is 13.1 Å². The zero-order valence-electron chi connectivity index (χ0n) is 11.5. The number of hydrogen-bond donors (Lipinski definition) is 7. The maximum Gasteiger partial charge on any atom is 0.278 e. The first-order chi connectivity index (χ1) is 9.82. The number of anilines is 1. The van der Waals surface area contributed by atoms with Gasteiger partial charge in [-0.05, 0) is 18.9 Å². The number of aromatic amines is 1. The van der Waals surface area contributed by atoms with Crippen molar-refractivity contribution >= 4 is 24.3 Å². The molecule has 2 aliphatic rings. The number of thiol groups is 1. The minimum Gasteiger partial charge on any atom is -0.393 e. The second-order valence-corrected chi connectivity index (χ2v) is 6.21. The zero-order chi connectivity index (χ0) is 15.4. The van der Waals surface area contributed by atoms with Crippen molar-refractivity contribution in [3.05, 3.63) is 17.5 Å². The third kappa shape index (κ3) is 2.30. The maximum absolute atomic E-state index is 10.3. The van der Waals surface area contributed by atoms with Crippen molar-refractivity contribution in [2.75, 3.05) is 5.01 Å².